The van der Waals surface area contributed by atoms with E-state index in [0.717, 1.165) is 18.4 Å². The molecule has 19 heavy (non-hydrogen) atoms. The van der Waals surface area contributed by atoms with E-state index in [0.29, 0.717) is 23.5 Å². The van der Waals surface area contributed by atoms with E-state index in [1.807, 2.05) is 0 Å². The van der Waals surface area contributed by atoms with Gasteiger partial charge in [0.05, 0.1) is 0 Å². The first-order chi connectivity index (χ1) is 8.88. The van der Waals surface area contributed by atoms with E-state index in [-0.39, 0.29) is 17.1 Å². The molecule has 0 saturated heterocycles. The van der Waals surface area contributed by atoms with Crippen molar-refractivity contribution in [3.8, 4) is 17.2 Å². The summed E-state index contributed by atoms with van der Waals surface area (Å²) in [7, 11) is 0. The van der Waals surface area contributed by atoms with Crippen molar-refractivity contribution in [3.05, 3.63) is 17.7 Å². The van der Waals surface area contributed by atoms with Crippen LogP contribution in [0.3, 0.4) is 0 Å². The van der Waals surface area contributed by atoms with E-state index < -0.39 is 0 Å². The standard InChI is InChI=1S/C16H22O3/c1-9-4-5-12-11(6-9)15-13(18)7-10(17)8-14(15)19-16(12,2)3/h7-9,11-12,17-18H,4-6H2,1-3H3/t9-,11-,12-/m0/s1. The molecule has 0 unspecified atom stereocenters. The minimum atomic E-state index is -0.238. The van der Waals surface area contributed by atoms with Crippen molar-refractivity contribution in [2.24, 2.45) is 11.8 Å². The monoisotopic (exact) mass is 262 g/mol. The first-order valence-electron chi connectivity index (χ1n) is 7.13. The molecule has 1 fully saturated rings. The van der Waals surface area contributed by atoms with Crippen LogP contribution in [0, 0.1) is 11.8 Å². The molecule has 3 heteroatoms. The lowest BCUT2D eigenvalue weighted by molar-refractivity contribution is -0.0146. The van der Waals surface area contributed by atoms with Crippen molar-refractivity contribution in [3.63, 3.8) is 0 Å². The van der Waals surface area contributed by atoms with Gasteiger partial charge in [-0.1, -0.05) is 13.3 Å². The van der Waals surface area contributed by atoms with E-state index in [1.165, 1.54) is 12.5 Å². The summed E-state index contributed by atoms with van der Waals surface area (Å²) >= 11 is 0. The molecule has 1 aromatic carbocycles. The Kier molecular flexibility index (Phi) is 2.70. The van der Waals surface area contributed by atoms with Crippen molar-refractivity contribution < 1.29 is 14.9 Å². The van der Waals surface area contributed by atoms with Gasteiger partial charge < -0.3 is 14.9 Å². The van der Waals surface area contributed by atoms with Crippen LogP contribution < -0.4 is 4.74 Å². The van der Waals surface area contributed by atoms with E-state index in [4.69, 9.17) is 4.74 Å². The first-order valence-corrected chi connectivity index (χ1v) is 7.13. The Morgan fingerprint density at radius 3 is 2.68 bits per heavy atom. The van der Waals surface area contributed by atoms with Crippen LogP contribution in [0.15, 0.2) is 12.1 Å². The highest BCUT2D eigenvalue weighted by Gasteiger charge is 2.47. The third-order valence-corrected chi connectivity index (χ3v) is 4.85. The van der Waals surface area contributed by atoms with E-state index in [2.05, 4.69) is 20.8 Å². The number of phenolic OH excluding ortho intramolecular Hbond substituents is 2. The summed E-state index contributed by atoms with van der Waals surface area (Å²) in [5.74, 6) is 2.34. The molecule has 3 rings (SSSR count). The number of aromatic hydroxyl groups is 2. The minimum absolute atomic E-state index is 0.0642. The molecule has 0 bridgehead atoms. The van der Waals surface area contributed by atoms with Gasteiger partial charge in [-0.15, -0.1) is 0 Å². The fourth-order valence-electron chi connectivity index (χ4n) is 3.95. The zero-order chi connectivity index (χ0) is 13.8. The van der Waals surface area contributed by atoms with Gasteiger partial charge in [-0.05, 0) is 38.5 Å². The summed E-state index contributed by atoms with van der Waals surface area (Å²) in [5, 5.41) is 19.8. The smallest absolute Gasteiger partial charge is 0.131 e. The van der Waals surface area contributed by atoms with E-state index in [9.17, 15) is 10.2 Å². The molecule has 0 aromatic heterocycles. The quantitative estimate of drug-likeness (QED) is 0.748. The van der Waals surface area contributed by atoms with Gasteiger partial charge in [0, 0.05) is 23.6 Å². The van der Waals surface area contributed by atoms with Gasteiger partial charge in [-0.2, -0.15) is 0 Å². The zero-order valence-electron chi connectivity index (χ0n) is 11.8. The summed E-state index contributed by atoms with van der Waals surface area (Å²) < 4.78 is 6.07. The van der Waals surface area contributed by atoms with Crippen LogP contribution in [0.1, 0.15) is 51.5 Å². The van der Waals surface area contributed by atoms with Crippen molar-refractivity contribution in [1.82, 2.24) is 0 Å². The molecule has 1 aromatic rings. The fraction of sp³-hybridized carbons (Fsp3) is 0.625. The lowest BCUT2D eigenvalue weighted by atomic mass is 9.64. The topological polar surface area (TPSA) is 49.7 Å². The Bertz CT molecular complexity index is 507. The molecule has 0 amide bonds. The van der Waals surface area contributed by atoms with Crippen LogP contribution in [0.2, 0.25) is 0 Å². The Balaban J connectivity index is 2.13. The van der Waals surface area contributed by atoms with Gasteiger partial charge in [-0.3, -0.25) is 0 Å². The van der Waals surface area contributed by atoms with Gasteiger partial charge in [0.2, 0.25) is 0 Å². The second-order valence-corrected chi connectivity index (χ2v) is 6.71. The second-order valence-electron chi connectivity index (χ2n) is 6.71. The van der Waals surface area contributed by atoms with Crippen molar-refractivity contribution in [2.75, 3.05) is 0 Å². The van der Waals surface area contributed by atoms with Crippen LogP contribution in [-0.2, 0) is 0 Å². The third kappa shape index (κ3) is 1.96. The van der Waals surface area contributed by atoms with E-state index >= 15 is 0 Å². The number of rotatable bonds is 0. The molecular weight excluding hydrogens is 240 g/mol. The maximum Gasteiger partial charge on any atom is 0.131 e. The highest BCUT2D eigenvalue weighted by atomic mass is 16.5. The van der Waals surface area contributed by atoms with Gasteiger partial charge >= 0.3 is 0 Å². The molecule has 2 aliphatic rings. The first kappa shape index (κ1) is 12.6. The summed E-state index contributed by atoms with van der Waals surface area (Å²) in [6.45, 7) is 6.51. The molecule has 1 aliphatic heterocycles. The third-order valence-electron chi connectivity index (χ3n) is 4.85. The molecule has 104 valence electrons. The van der Waals surface area contributed by atoms with Gasteiger partial charge in [0.15, 0.2) is 0 Å². The predicted molar refractivity (Wildman–Crippen MR) is 73.7 cm³/mol. The van der Waals surface area contributed by atoms with Crippen LogP contribution in [0.4, 0.5) is 0 Å². The summed E-state index contributed by atoms with van der Waals surface area (Å²) in [6, 6.07) is 3.06. The molecule has 2 N–H and O–H groups in total. The van der Waals surface area contributed by atoms with Crippen molar-refractivity contribution in [2.45, 2.75) is 51.6 Å². The number of hydrogen-bond donors (Lipinski definition) is 2. The molecule has 0 radical (unpaired) electrons. The van der Waals surface area contributed by atoms with Crippen molar-refractivity contribution in [1.29, 1.82) is 0 Å². The number of fused-ring (bicyclic) bond motifs is 3. The molecule has 1 heterocycles. The Morgan fingerprint density at radius 1 is 1.21 bits per heavy atom. The van der Waals surface area contributed by atoms with Crippen LogP contribution in [-0.4, -0.2) is 15.8 Å². The molecule has 0 spiro atoms. The SMILES string of the molecule is C[C@H]1CC[C@H]2[C@H](C1)c1c(O)cc(O)cc1OC2(C)C. The van der Waals surface area contributed by atoms with Crippen LogP contribution >= 0.6 is 0 Å². The summed E-state index contributed by atoms with van der Waals surface area (Å²) in [5.41, 5.74) is 0.659. The average Bonchev–Trinajstić information content (AvgIpc) is 2.25. The number of ether oxygens (including phenoxy) is 1. The molecule has 1 aliphatic carbocycles. The predicted octanol–water partition coefficient (Wildman–Crippen LogP) is 3.79. The van der Waals surface area contributed by atoms with E-state index in [1.54, 1.807) is 6.07 Å². The van der Waals surface area contributed by atoms with Gasteiger partial charge in [0.25, 0.3) is 0 Å². The van der Waals surface area contributed by atoms with Gasteiger partial charge in [0.1, 0.15) is 22.8 Å². The van der Waals surface area contributed by atoms with Crippen molar-refractivity contribution >= 4 is 0 Å². The molecule has 3 atom stereocenters. The Morgan fingerprint density at radius 2 is 1.95 bits per heavy atom. The largest absolute Gasteiger partial charge is 0.508 e. The normalized spacial score (nSPS) is 32.1. The molecule has 1 saturated carbocycles. The highest BCUT2D eigenvalue weighted by molar-refractivity contribution is 5.53. The number of hydrogen-bond acceptors (Lipinski definition) is 3. The summed E-state index contributed by atoms with van der Waals surface area (Å²) in [4.78, 5) is 0. The fourth-order valence-corrected chi connectivity index (χ4v) is 3.95. The lowest BCUT2D eigenvalue weighted by Gasteiger charge is -2.48. The number of phenols is 2. The zero-order valence-corrected chi connectivity index (χ0v) is 11.8. The highest BCUT2D eigenvalue weighted by Crippen LogP contribution is 2.55. The second kappa shape index (κ2) is 4.06. The maximum atomic E-state index is 10.2. The van der Waals surface area contributed by atoms with Crippen LogP contribution in [0.25, 0.3) is 0 Å². The summed E-state index contributed by atoms with van der Waals surface area (Å²) in [6.07, 6.45) is 3.45. The van der Waals surface area contributed by atoms with Gasteiger partial charge in [-0.25, -0.2) is 0 Å². The molecular formula is C16H22O3. The maximum absolute atomic E-state index is 10.2. The molecule has 3 nitrogen and oxygen atoms in total. The average molecular weight is 262 g/mol. The number of benzene rings is 1. The minimum Gasteiger partial charge on any atom is -0.508 e. The lowest BCUT2D eigenvalue weighted by Crippen LogP contribution is -2.46. The van der Waals surface area contributed by atoms with Crippen LogP contribution in [0.5, 0.6) is 17.2 Å². The Labute approximate surface area is 114 Å². The Hall–Kier alpha value is -1.38.